The number of alkyl halides is 3. The third-order valence-electron chi connectivity index (χ3n) is 6.10. The van der Waals surface area contributed by atoms with Gasteiger partial charge in [0.05, 0.1) is 23.3 Å². The van der Waals surface area contributed by atoms with Gasteiger partial charge in [-0.15, -0.1) is 0 Å². The van der Waals surface area contributed by atoms with Crippen molar-refractivity contribution >= 4 is 17.4 Å². The number of carbonyl (C=O) groups is 1. The predicted molar refractivity (Wildman–Crippen MR) is 141 cm³/mol. The molecule has 0 unspecified atom stereocenters. The fraction of sp³-hybridized carbons (Fsp3) is 0.138. The summed E-state index contributed by atoms with van der Waals surface area (Å²) in [5, 5.41) is 3.15. The third kappa shape index (κ3) is 6.01. The number of pyridine rings is 1. The summed E-state index contributed by atoms with van der Waals surface area (Å²) in [4.78, 5) is 30.2. The second-order valence-electron chi connectivity index (χ2n) is 9.07. The van der Waals surface area contributed by atoms with Crippen molar-refractivity contribution < 1.29 is 18.0 Å². The zero-order valence-electron chi connectivity index (χ0n) is 21.1. The normalized spacial score (nSPS) is 11.4. The number of nitrogens with one attached hydrogen (secondary N) is 1. The summed E-state index contributed by atoms with van der Waals surface area (Å²) in [6.07, 6.45) is 3.30. The Morgan fingerprint density at radius 3 is 2.56 bits per heavy atom. The minimum atomic E-state index is -4.56. The van der Waals surface area contributed by atoms with Crippen LogP contribution in [0.2, 0.25) is 0 Å². The quantitative estimate of drug-likeness (QED) is 0.242. The monoisotopic (exact) mass is 528 g/mol. The summed E-state index contributed by atoms with van der Waals surface area (Å²) >= 11 is 0. The van der Waals surface area contributed by atoms with E-state index in [4.69, 9.17) is 0 Å². The van der Waals surface area contributed by atoms with Gasteiger partial charge >= 0.3 is 6.18 Å². The lowest BCUT2D eigenvalue weighted by Gasteiger charge is -2.13. The molecule has 1 N–H and O–H groups in total. The molecule has 0 fully saturated rings. The number of Topliss-reactive ketones (excluding diaryl/α,β-unsaturated/α-hetero) is 1. The van der Waals surface area contributed by atoms with E-state index in [0.29, 0.717) is 28.6 Å². The van der Waals surface area contributed by atoms with Crippen molar-refractivity contribution in [2.75, 3.05) is 5.32 Å². The fourth-order valence-electron chi connectivity index (χ4n) is 4.08. The lowest BCUT2D eigenvalue weighted by molar-refractivity contribution is -0.137. The SMILES string of the molecule is Cc1cn(-c2cc(CC(=O)c3ccc(C)c(Nc4nccc(-c5cccnc5)n4)c3)cc(C(F)(F)F)c2)cn1. The van der Waals surface area contributed by atoms with E-state index < -0.39 is 11.7 Å². The number of rotatable bonds is 7. The first-order chi connectivity index (χ1) is 18.7. The number of ketones is 1. The summed E-state index contributed by atoms with van der Waals surface area (Å²) < 4.78 is 42.4. The molecule has 0 saturated carbocycles. The first-order valence-electron chi connectivity index (χ1n) is 12.0. The maximum Gasteiger partial charge on any atom is 0.416 e. The maximum absolute atomic E-state index is 13.6. The van der Waals surface area contributed by atoms with E-state index in [-0.39, 0.29) is 23.5 Å². The first-order valence-corrected chi connectivity index (χ1v) is 12.0. The highest BCUT2D eigenvalue weighted by Gasteiger charge is 2.31. The molecule has 7 nitrogen and oxygen atoms in total. The molecule has 0 spiro atoms. The van der Waals surface area contributed by atoms with Crippen molar-refractivity contribution in [3.05, 3.63) is 114 Å². The standard InChI is InChI=1S/C29H23F3N6O/c1-18-5-6-21(13-26(18)37-28-34-9-7-25(36-28)22-4-3-8-33-15-22)27(39)12-20-10-23(29(30,31)32)14-24(11-20)38-16-19(2)35-17-38/h3-11,13-17H,12H2,1-2H3,(H,34,36,37). The molecule has 10 heteroatoms. The van der Waals surface area contributed by atoms with Crippen LogP contribution < -0.4 is 5.32 Å². The molecule has 196 valence electrons. The van der Waals surface area contributed by atoms with E-state index in [9.17, 15) is 18.0 Å². The van der Waals surface area contributed by atoms with Crippen LogP contribution in [0.4, 0.5) is 24.8 Å². The van der Waals surface area contributed by atoms with Crippen molar-refractivity contribution in [3.8, 4) is 16.9 Å². The molecular formula is C29H23F3N6O. The molecule has 5 rings (SSSR count). The van der Waals surface area contributed by atoms with Gasteiger partial charge in [0.25, 0.3) is 0 Å². The van der Waals surface area contributed by atoms with Crippen LogP contribution in [0.3, 0.4) is 0 Å². The van der Waals surface area contributed by atoms with Gasteiger partial charge < -0.3 is 9.88 Å². The van der Waals surface area contributed by atoms with Crippen LogP contribution in [-0.4, -0.2) is 30.3 Å². The summed E-state index contributed by atoms with van der Waals surface area (Å²) in [7, 11) is 0. The highest BCUT2D eigenvalue weighted by molar-refractivity contribution is 5.98. The zero-order valence-corrected chi connectivity index (χ0v) is 21.1. The van der Waals surface area contributed by atoms with Crippen LogP contribution in [0.1, 0.15) is 32.7 Å². The van der Waals surface area contributed by atoms with Crippen LogP contribution in [0.5, 0.6) is 0 Å². The van der Waals surface area contributed by atoms with E-state index in [1.54, 1.807) is 62.0 Å². The topological polar surface area (TPSA) is 85.6 Å². The molecule has 3 heterocycles. The molecule has 0 atom stereocenters. The van der Waals surface area contributed by atoms with Gasteiger partial charge in [-0.25, -0.2) is 15.0 Å². The Balaban J connectivity index is 1.41. The maximum atomic E-state index is 13.6. The van der Waals surface area contributed by atoms with E-state index >= 15 is 0 Å². The second-order valence-corrected chi connectivity index (χ2v) is 9.07. The highest BCUT2D eigenvalue weighted by Crippen LogP contribution is 2.32. The van der Waals surface area contributed by atoms with Crippen LogP contribution in [0.25, 0.3) is 16.9 Å². The van der Waals surface area contributed by atoms with Gasteiger partial charge in [0, 0.05) is 53.7 Å². The summed E-state index contributed by atoms with van der Waals surface area (Å²) in [5.74, 6) is 0.0114. The van der Waals surface area contributed by atoms with E-state index in [2.05, 4.69) is 25.3 Å². The van der Waals surface area contributed by atoms with Crippen LogP contribution in [-0.2, 0) is 12.6 Å². The van der Waals surface area contributed by atoms with Crippen molar-refractivity contribution in [2.45, 2.75) is 26.4 Å². The number of imidazole rings is 1. The molecule has 0 aliphatic heterocycles. The second kappa shape index (κ2) is 10.5. The molecule has 39 heavy (non-hydrogen) atoms. The molecule has 0 saturated heterocycles. The largest absolute Gasteiger partial charge is 0.416 e. The average Bonchev–Trinajstić information content (AvgIpc) is 3.36. The number of benzene rings is 2. The lowest BCUT2D eigenvalue weighted by Crippen LogP contribution is -2.10. The van der Waals surface area contributed by atoms with Gasteiger partial charge in [0.15, 0.2) is 5.78 Å². The zero-order chi connectivity index (χ0) is 27.6. The van der Waals surface area contributed by atoms with Crippen LogP contribution >= 0.6 is 0 Å². The van der Waals surface area contributed by atoms with Crippen molar-refractivity contribution in [2.24, 2.45) is 0 Å². The van der Waals surface area contributed by atoms with Gasteiger partial charge in [0.1, 0.15) is 0 Å². The Morgan fingerprint density at radius 1 is 1.00 bits per heavy atom. The third-order valence-corrected chi connectivity index (χ3v) is 6.10. The van der Waals surface area contributed by atoms with Crippen molar-refractivity contribution in [1.29, 1.82) is 0 Å². The summed E-state index contributed by atoms with van der Waals surface area (Å²) in [6.45, 7) is 3.62. The summed E-state index contributed by atoms with van der Waals surface area (Å²) in [5.41, 5.74) is 3.69. The van der Waals surface area contributed by atoms with E-state index in [0.717, 1.165) is 23.3 Å². The number of halogens is 3. The molecule has 0 aliphatic carbocycles. The minimum Gasteiger partial charge on any atom is -0.324 e. The van der Waals surface area contributed by atoms with Crippen LogP contribution in [0.15, 0.2) is 85.7 Å². The Kier molecular flexibility index (Phi) is 6.93. The van der Waals surface area contributed by atoms with Gasteiger partial charge in [0.2, 0.25) is 5.95 Å². The van der Waals surface area contributed by atoms with Crippen LogP contribution in [0, 0.1) is 13.8 Å². The lowest BCUT2D eigenvalue weighted by atomic mass is 9.99. The number of hydrogen-bond donors (Lipinski definition) is 1. The molecule has 0 radical (unpaired) electrons. The number of anilines is 2. The van der Waals surface area contributed by atoms with Gasteiger partial charge in [-0.1, -0.05) is 12.1 Å². The summed E-state index contributed by atoms with van der Waals surface area (Å²) in [6, 6.07) is 14.2. The molecule has 2 aromatic carbocycles. The number of hydrogen-bond acceptors (Lipinski definition) is 6. The smallest absolute Gasteiger partial charge is 0.324 e. The minimum absolute atomic E-state index is 0.208. The number of aryl methyl sites for hydroxylation is 2. The fourth-order valence-corrected chi connectivity index (χ4v) is 4.08. The molecule has 5 aromatic rings. The molecule has 0 aliphatic rings. The van der Waals surface area contributed by atoms with Gasteiger partial charge in [-0.3, -0.25) is 9.78 Å². The Labute approximate surface area is 222 Å². The Hall–Kier alpha value is -4.86. The van der Waals surface area contributed by atoms with Crippen molar-refractivity contribution in [1.82, 2.24) is 24.5 Å². The van der Waals surface area contributed by atoms with Gasteiger partial charge in [-0.2, -0.15) is 13.2 Å². The number of carbonyl (C=O) groups excluding carboxylic acids is 1. The number of aromatic nitrogens is 5. The molecule has 3 aromatic heterocycles. The van der Waals surface area contributed by atoms with Gasteiger partial charge in [-0.05, 0) is 67.4 Å². The highest BCUT2D eigenvalue weighted by atomic mass is 19.4. The Bertz CT molecular complexity index is 1650. The Morgan fingerprint density at radius 2 is 1.85 bits per heavy atom. The predicted octanol–water partition coefficient (Wildman–Crippen LogP) is 6.53. The number of nitrogens with zero attached hydrogens (tertiary/aromatic N) is 5. The van der Waals surface area contributed by atoms with Crippen molar-refractivity contribution in [3.63, 3.8) is 0 Å². The van der Waals surface area contributed by atoms with E-state index in [1.165, 1.54) is 10.9 Å². The first kappa shape index (κ1) is 25.8. The molecular weight excluding hydrogens is 505 g/mol. The average molecular weight is 529 g/mol. The molecule has 0 amide bonds. The van der Waals surface area contributed by atoms with E-state index in [1.807, 2.05) is 19.1 Å². The molecule has 0 bridgehead atoms.